The zero-order valence-corrected chi connectivity index (χ0v) is 83.2. The molecule has 8 aromatic carbocycles. The quantitative estimate of drug-likeness (QED) is 0.0357. The molecule has 4 aromatic heterocycles. The second-order valence-corrected chi connectivity index (χ2v) is 40.7. The Bertz CT molecular complexity index is 5990. The van der Waals surface area contributed by atoms with Crippen molar-refractivity contribution in [3.05, 3.63) is 212 Å². The predicted molar refractivity (Wildman–Crippen MR) is 562 cm³/mol. The monoisotopic (exact) mass is 1880 g/mol. The van der Waals surface area contributed by atoms with E-state index in [1.807, 2.05) is 56.2 Å². The normalized spacial score (nSPS) is 17.3. The molecule has 0 spiro atoms. The fourth-order valence-corrected chi connectivity index (χ4v) is 21.7. The standard InChI is InChI=1S/C28H34ClN5O.C28H37N5O.C27H34ClN5O.C27H34N4O2/c1-32(15-16-35)26-17-22-24(18-23(26)29)30-27(20-7-8-20)31-28(22)34-13-9-19(10-14-34)21-5-2-3-6-25(21)33-11-4-12-33;1-19-17-24-23(18-26(19)32(4)15-16-34)28(30-27(29-24)21-9-10-21)33-13-11-20(12-14-33)22-7-5-6-8-25(22)31(2)3;1-31(2)24-7-5-4-6-20(24)18-10-12-33(13-11-18)27-21-16-25(32(3)14-15-34)22(28)17-23(21)29-26(30-27)19-8-9-19;1-18-16-23-22(17-24(18)30(2)14-15-32)27(29-26(28-23)20-8-9-20)31-12-10-19(11-13-31)21-6-4-5-7-25(21)33-3/h2-3,5-6,17-20,35H,4,7-16H2,1H3;5-8,17-18,20-21,34H,9-16H2,1-4H3;4-7,16-19,34H,8-15H2,1-3H3;4-7,16-17,19-20,32H,8-15H2,1-3H3. The van der Waals surface area contributed by atoms with Crippen molar-refractivity contribution in [2.24, 2.45) is 0 Å². The van der Waals surface area contributed by atoms with E-state index in [1.165, 1.54) is 121 Å². The molecule has 9 aliphatic rings. The molecule has 9 fully saturated rings. The van der Waals surface area contributed by atoms with Gasteiger partial charge in [-0.15, -0.1) is 0 Å². The summed E-state index contributed by atoms with van der Waals surface area (Å²) in [7, 11) is 18.3. The maximum atomic E-state index is 9.46. The van der Waals surface area contributed by atoms with Crippen molar-refractivity contribution >= 4 is 130 Å². The number of likely N-dealkylation sites (N-methyl/N-ethyl adjacent to an activating group) is 4. The summed E-state index contributed by atoms with van der Waals surface area (Å²) in [5.41, 5.74) is 20.2. The minimum atomic E-state index is 0.0801. The van der Waals surface area contributed by atoms with Crippen molar-refractivity contribution in [1.29, 1.82) is 0 Å². The molecule has 4 N–H and O–H groups in total. The summed E-state index contributed by atoms with van der Waals surface area (Å²) in [5.74, 6) is 13.3. The molecule has 9 heterocycles. The number of ether oxygens (including phenoxy) is 1. The highest BCUT2D eigenvalue weighted by molar-refractivity contribution is 6.34. The van der Waals surface area contributed by atoms with Crippen molar-refractivity contribution in [3.63, 3.8) is 0 Å². The molecule has 136 heavy (non-hydrogen) atoms. The lowest BCUT2D eigenvalue weighted by atomic mass is 9.87. The zero-order chi connectivity index (χ0) is 94.5. The van der Waals surface area contributed by atoms with Crippen LogP contribution < -0.4 is 58.6 Å². The second-order valence-electron chi connectivity index (χ2n) is 39.8. The van der Waals surface area contributed by atoms with E-state index in [-0.39, 0.29) is 26.4 Å². The first-order chi connectivity index (χ1) is 66.1. The third-order valence-corrected chi connectivity index (χ3v) is 30.4. The lowest BCUT2D eigenvalue weighted by Gasteiger charge is -2.39. The van der Waals surface area contributed by atoms with E-state index < -0.39 is 0 Å². The highest BCUT2D eigenvalue weighted by Crippen LogP contribution is 2.50. The maximum absolute atomic E-state index is 9.46. The predicted octanol–water partition coefficient (Wildman–Crippen LogP) is 19.6. The number of hydrogen-bond acceptors (Lipinski definition) is 24. The third-order valence-electron chi connectivity index (χ3n) is 29.7. The number of anilines is 11. The molecule has 12 aromatic rings. The van der Waals surface area contributed by atoms with Gasteiger partial charge in [0, 0.05) is 222 Å². The molecule has 21 rings (SSSR count). The SMILES string of the molecule is CN(C)c1ccccc1C1CCN(c2nc(C3CC3)nc3cc(Cl)c(N(C)CCO)cc23)CC1.CN(CCO)c1cc2c(N3CCC(c4ccccc4N4CCC4)CC3)nc(C3CC3)nc2cc1Cl.COc1ccccc1C1CCN(c2nc(C3CC3)nc3cc(C)c(N(C)CCO)cc23)CC1.Cc1cc2nc(C3CC3)nc(N3CCC(c4ccccc4N(C)C)CC3)c2cc1N(C)CCO. The number of rotatable bonds is 28. The Morgan fingerprint density at radius 1 is 0.301 bits per heavy atom. The van der Waals surface area contributed by atoms with Gasteiger partial charge >= 0.3 is 0 Å². The first kappa shape index (κ1) is 95.5. The lowest BCUT2D eigenvalue weighted by Crippen LogP contribution is -2.39. The third kappa shape index (κ3) is 21.4. The highest BCUT2D eigenvalue weighted by atomic mass is 35.5. The average molecular weight is 1880 g/mol. The Balaban J connectivity index is 0.000000121. The molecule has 0 atom stereocenters. The van der Waals surface area contributed by atoms with Crippen molar-refractivity contribution in [1.82, 2.24) is 39.9 Å². The van der Waals surface area contributed by atoms with Gasteiger partial charge in [-0.05, 0) is 253 Å². The summed E-state index contributed by atoms with van der Waals surface area (Å²) >= 11 is 13.3. The summed E-state index contributed by atoms with van der Waals surface area (Å²) in [4.78, 5) is 65.3. The Hall–Kier alpha value is -10.9. The van der Waals surface area contributed by atoms with Crippen LogP contribution in [0.1, 0.15) is 213 Å². The second kappa shape index (κ2) is 42.6. The van der Waals surface area contributed by atoms with Crippen LogP contribution in [0.25, 0.3) is 43.6 Å². The van der Waals surface area contributed by atoms with Gasteiger partial charge in [0.25, 0.3) is 0 Å². The first-order valence-corrected chi connectivity index (χ1v) is 50.8. The van der Waals surface area contributed by atoms with Crippen molar-refractivity contribution in [3.8, 4) is 5.75 Å². The van der Waals surface area contributed by atoms with Crippen LogP contribution in [0.5, 0.6) is 5.75 Å². The van der Waals surface area contributed by atoms with Gasteiger partial charge in [-0.3, -0.25) is 0 Å². The number of aromatic nitrogens is 8. The van der Waals surface area contributed by atoms with Crippen LogP contribution in [0.2, 0.25) is 10.0 Å². The number of para-hydroxylation sites is 4. The Labute approximate surface area is 813 Å². The number of piperidine rings is 4. The summed E-state index contributed by atoms with van der Waals surface area (Å²) in [6, 6.07) is 52.1. The number of aliphatic hydroxyl groups is 4. The van der Waals surface area contributed by atoms with Crippen LogP contribution in [-0.4, -0.2) is 242 Å². The van der Waals surface area contributed by atoms with Crippen LogP contribution in [0.4, 0.5) is 63.1 Å². The molecular weight excluding hydrogens is 1740 g/mol. The fourth-order valence-electron chi connectivity index (χ4n) is 21.1. The molecule has 4 aliphatic carbocycles. The smallest absolute Gasteiger partial charge is 0.140 e. The molecule has 4 saturated carbocycles. The number of benzene rings is 8. The van der Waals surface area contributed by atoms with Crippen LogP contribution in [-0.2, 0) is 0 Å². The number of nitrogens with zero attached hydrogens (tertiary/aromatic N) is 19. The van der Waals surface area contributed by atoms with E-state index >= 15 is 0 Å². The molecule has 5 saturated heterocycles. The highest BCUT2D eigenvalue weighted by Gasteiger charge is 2.38. The van der Waals surface area contributed by atoms with E-state index in [0.29, 0.717) is 83.6 Å². The summed E-state index contributed by atoms with van der Waals surface area (Å²) in [5, 5.41) is 43.4. The Morgan fingerprint density at radius 2 is 0.581 bits per heavy atom. The van der Waals surface area contributed by atoms with Crippen LogP contribution in [0, 0.1) is 13.8 Å². The van der Waals surface area contributed by atoms with Crippen molar-refractivity contribution in [2.45, 2.75) is 170 Å². The number of aryl methyl sites for hydroxylation is 2. The Kier molecular flexibility index (Phi) is 29.9. The molecular formula is C110H139Cl2N19O5. The average Bonchev–Trinajstić information content (AvgIpc) is 1.07. The molecule has 0 bridgehead atoms. The van der Waals surface area contributed by atoms with Gasteiger partial charge < -0.3 is 79.1 Å². The molecule has 26 heteroatoms. The Morgan fingerprint density at radius 3 is 0.890 bits per heavy atom. The van der Waals surface area contributed by atoms with Gasteiger partial charge in [0.05, 0.1) is 77.0 Å². The van der Waals surface area contributed by atoms with Crippen molar-refractivity contribution in [2.75, 3.05) is 235 Å². The van der Waals surface area contributed by atoms with E-state index in [2.05, 4.69) is 214 Å². The van der Waals surface area contributed by atoms with Gasteiger partial charge in [-0.25, -0.2) is 39.9 Å². The van der Waals surface area contributed by atoms with Crippen LogP contribution in [0.15, 0.2) is 146 Å². The number of fused-ring (bicyclic) bond motifs is 4. The number of aliphatic hydroxyl groups excluding tert-OH is 4. The molecule has 5 aliphatic heterocycles. The zero-order valence-electron chi connectivity index (χ0n) is 81.7. The van der Waals surface area contributed by atoms with Gasteiger partial charge in [0.15, 0.2) is 0 Å². The number of methoxy groups -OCH3 is 1. The molecule has 0 unspecified atom stereocenters. The van der Waals surface area contributed by atoms with E-state index in [1.54, 1.807) is 7.11 Å². The lowest BCUT2D eigenvalue weighted by molar-refractivity contribution is 0.303. The summed E-state index contributed by atoms with van der Waals surface area (Å²) < 4.78 is 5.63. The van der Waals surface area contributed by atoms with Gasteiger partial charge in [-0.1, -0.05) is 96.0 Å². The van der Waals surface area contributed by atoms with E-state index in [9.17, 15) is 20.4 Å². The topological polar surface area (TPSA) is 229 Å². The molecule has 24 nitrogen and oxygen atoms in total. The molecule has 718 valence electrons. The van der Waals surface area contributed by atoms with Gasteiger partial charge in [0.2, 0.25) is 0 Å². The molecule has 0 amide bonds. The van der Waals surface area contributed by atoms with Crippen LogP contribution >= 0.6 is 23.2 Å². The molecule has 0 radical (unpaired) electrons. The fraction of sp³-hybridized carbons (Fsp3) is 0.491. The summed E-state index contributed by atoms with van der Waals surface area (Å²) in [6.45, 7) is 17.2. The van der Waals surface area contributed by atoms with Crippen molar-refractivity contribution < 1.29 is 25.2 Å². The van der Waals surface area contributed by atoms with E-state index in [4.69, 9.17) is 67.8 Å². The van der Waals surface area contributed by atoms with Gasteiger partial charge in [0.1, 0.15) is 52.3 Å². The minimum absolute atomic E-state index is 0.0801. The maximum Gasteiger partial charge on any atom is 0.140 e. The van der Waals surface area contributed by atoms with E-state index in [0.717, 1.165) is 222 Å². The minimum Gasteiger partial charge on any atom is -0.496 e. The summed E-state index contributed by atoms with van der Waals surface area (Å²) in [6.07, 6.45) is 19.6. The first-order valence-electron chi connectivity index (χ1n) is 50.1. The van der Waals surface area contributed by atoms with Crippen LogP contribution in [0.3, 0.4) is 0 Å². The van der Waals surface area contributed by atoms with Gasteiger partial charge in [-0.2, -0.15) is 0 Å². The largest absolute Gasteiger partial charge is 0.496 e. The number of halogens is 2. The number of hydrogen-bond donors (Lipinski definition) is 4.